The lowest BCUT2D eigenvalue weighted by Gasteiger charge is -2.16. The summed E-state index contributed by atoms with van der Waals surface area (Å²) < 4.78 is 16.2. The summed E-state index contributed by atoms with van der Waals surface area (Å²) in [5.41, 5.74) is 0. The lowest BCUT2D eigenvalue weighted by molar-refractivity contribution is -0.158. The Bertz CT molecular complexity index is 391. The molecule has 0 amide bonds. The Morgan fingerprint density at radius 2 is 1.82 bits per heavy atom. The van der Waals surface area contributed by atoms with Crippen molar-refractivity contribution in [3.63, 3.8) is 0 Å². The van der Waals surface area contributed by atoms with Gasteiger partial charge in [0.25, 0.3) is 0 Å². The van der Waals surface area contributed by atoms with Gasteiger partial charge < -0.3 is 14.2 Å². The fourth-order valence-electron chi connectivity index (χ4n) is 2.14. The number of esters is 1. The lowest BCUT2D eigenvalue weighted by atomic mass is 10.1. The van der Waals surface area contributed by atoms with Crippen molar-refractivity contribution in [3.8, 4) is 5.75 Å². The molecule has 22 heavy (non-hydrogen) atoms. The summed E-state index contributed by atoms with van der Waals surface area (Å²) in [4.78, 5) is 12.0. The molecule has 0 aromatic heterocycles. The number of hydrogen-bond acceptors (Lipinski definition) is 4. The third-order valence-electron chi connectivity index (χ3n) is 3.29. The zero-order valence-corrected chi connectivity index (χ0v) is 13.8. The van der Waals surface area contributed by atoms with Gasteiger partial charge in [0.05, 0.1) is 0 Å². The van der Waals surface area contributed by atoms with E-state index in [0.29, 0.717) is 13.2 Å². The Kier molecular flexibility index (Phi) is 10.1. The molecular formula is C18H28O4. The molecule has 0 heterocycles. The lowest BCUT2D eigenvalue weighted by Crippen LogP contribution is -2.28. The number of carbonyl (C=O) groups excluding carboxylic acids is 1. The number of hydrogen-bond donors (Lipinski definition) is 0. The topological polar surface area (TPSA) is 44.8 Å². The Morgan fingerprint density at radius 3 is 2.50 bits per heavy atom. The van der Waals surface area contributed by atoms with E-state index < -0.39 is 6.10 Å². The molecule has 4 nitrogen and oxygen atoms in total. The van der Waals surface area contributed by atoms with Gasteiger partial charge in [0.1, 0.15) is 19.0 Å². The minimum Gasteiger partial charge on any atom is -0.490 e. The van der Waals surface area contributed by atoms with Crippen LogP contribution >= 0.6 is 0 Å². The third-order valence-corrected chi connectivity index (χ3v) is 3.29. The van der Waals surface area contributed by atoms with Gasteiger partial charge in [-0.15, -0.1) is 0 Å². The third kappa shape index (κ3) is 8.03. The largest absolute Gasteiger partial charge is 0.490 e. The van der Waals surface area contributed by atoms with Crippen molar-refractivity contribution in [2.24, 2.45) is 0 Å². The molecule has 0 bridgehead atoms. The molecule has 1 unspecified atom stereocenters. The standard InChI is InChI=1S/C18H28O4/c1-3-5-6-10-13-17(20-4-2)18(19)22-15-14-21-16-11-8-7-9-12-16/h7-9,11-12,17H,3-6,10,13-15H2,1-2H3. The monoisotopic (exact) mass is 308 g/mol. The van der Waals surface area contributed by atoms with Gasteiger partial charge in [-0.2, -0.15) is 0 Å². The van der Waals surface area contributed by atoms with Gasteiger partial charge in [0.2, 0.25) is 0 Å². The summed E-state index contributed by atoms with van der Waals surface area (Å²) in [6.45, 7) is 5.18. The van der Waals surface area contributed by atoms with E-state index in [1.807, 2.05) is 37.3 Å². The molecule has 1 aromatic carbocycles. The molecule has 1 atom stereocenters. The quantitative estimate of drug-likeness (QED) is 0.433. The second-order valence-corrected chi connectivity index (χ2v) is 5.12. The highest BCUT2D eigenvalue weighted by atomic mass is 16.6. The molecule has 1 rings (SSSR count). The fourth-order valence-corrected chi connectivity index (χ4v) is 2.14. The Balaban J connectivity index is 2.21. The van der Waals surface area contributed by atoms with Crippen LogP contribution in [-0.2, 0) is 14.3 Å². The summed E-state index contributed by atoms with van der Waals surface area (Å²) >= 11 is 0. The first-order chi connectivity index (χ1) is 10.8. The summed E-state index contributed by atoms with van der Waals surface area (Å²) in [5, 5.41) is 0. The van der Waals surface area contributed by atoms with E-state index in [4.69, 9.17) is 14.2 Å². The highest BCUT2D eigenvalue weighted by Crippen LogP contribution is 2.11. The summed E-state index contributed by atoms with van der Waals surface area (Å²) in [7, 11) is 0. The molecule has 1 aromatic rings. The molecule has 0 aliphatic carbocycles. The van der Waals surface area contributed by atoms with Crippen LogP contribution in [0.2, 0.25) is 0 Å². The van der Waals surface area contributed by atoms with Gasteiger partial charge in [0.15, 0.2) is 6.10 Å². The van der Waals surface area contributed by atoms with E-state index in [1.165, 1.54) is 12.8 Å². The fraction of sp³-hybridized carbons (Fsp3) is 0.611. The van der Waals surface area contributed by atoms with E-state index in [0.717, 1.165) is 25.0 Å². The number of ether oxygens (including phenoxy) is 3. The van der Waals surface area contributed by atoms with Crippen LogP contribution in [-0.4, -0.2) is 31.9 Å². The van der Waals surface area contributed by atoms with Crippen molar-refractivity contribution in [3.05, 3.63) is 30.3 Å². The average Bonchev–Trinajstić information content (AvgIpc) is 2.55. The molecule has 0 spiro atoms. The Morgan fingerprint density at radius 1 is 1.05 bits per heavy atom. The zero-order chi connectivity index (χ0) is 16.0. The van der Waals surface area contributed by atoms with E-state index in [1.54, 1.807) is 0 Å². The van der Waals surface area contributed by atoms with Crippen LogP contribution in [0.3, 0.4) is 0 Å². The average molecular weight is 308 g/mol. The van der Waals surface area contributed by atoms with Crippen LogP contribution in [0.5, 0.6) is 5.75 Å². The van der Waals surface area contributed by atoms with Crippen LogP contribution < -0.4 is 4.74 Å². The van der Waals surface area contributed by atoms with Gasteiger partial charge >= 0.3 is 5.97 Å². The van der Waals surface area contributed by atoms with E-state index in [-0.39, 0.29) is 12.6 Å². The molecule has 4 heteroatoms. The molecule has 0 aliphatic heterocycles. The number of para-hydroxylation sites is 1. The summed E-state index contributed by atoms with van der Waals surface area (Å²) in [6.07, 6.45) is 4.78. The first-order valence-electron chi connectivity index (χ1n) is 8.24. The van der Waals surface area contributed by atoms with Crippen LogP contribution in [0, 0.1) is 0 Å². The maximum Gasteiger partial charge on any atom is 0.335 e. The maximum atomic E-state index is 12.0. The molecule has 124 valence electrons. The van der Waals surface area contributed by atoms with Gasteiger partial charge in [-0.3, -0.25) is 0 Å². The van der Waals surface area contributed by atoms with Crippen molar-refractivity contribution in [2.45, 2.75) is 52.1 Å². The molecule has 0 aliphatic rings. The van der Waals surface area contributed by atoms with E-state index in [2.05, 4.69) is 6.92 Å². The van der Waals surface area contributed by atoms with Crippen LogP contribution in [0.25, 0.3) is 0 Å². The Labute approximate surface area is 133 Å². The molecule has 0 N–H and O–H groups in total. The van der Waals surface area contributed by atoms with Crippen molar-refractivity contribution >= 4 is 5.97 Å². The predicted molar refractivity (Wildman–Crippen MR) is 87.1 cm³/mol. The van der Waals surface area contributed by atoms with Gasteiger partial charge in [-0.25, -0.2) is 4.79 Å². The molecule has 0 saturated heterocycles. The predicted octanol–water partition coefficient (Wildman–Crippen LogP) is 3.98. The SMILES string of the molecule is CCCCCCC(OCC)C(=O)OCCOc1ccccc1. The summed E-state index contributed by atoms with van der Waals surface area (Å²) in [5.74, 6) is 0.495. The summed E-state index contributed by atoms with van der Waals surface area (Å²) in [6, 6.07) is 9.49. The van der Waals surface area contributed by atoms with E-state index in [9.17, 15) is 4.79 Å². The van der Waals surface area contributed by atoms with Crippen molar-refractivity contribution in [2.75, 3.05) is 19.8 Å². The van der Waals surface area contributed by atoms with Crippen LogP contribution in [0.1, 0.15) is 46.0 Å². The van der Waals surface area contributed by atoms with Crippen molar-refractivity contribution < 1.29 is 19.0 Å². The molecule has 0 saturated carbocycles. The number of benzene rings is 1. The second kappa shape index (κ2) is 12.0. The number of unbranched alkanes of at least 4 members (excludes halogenated alkanes) is 3. The minimum absolute atomic E-state index is 0.242. The highest BCUT2D eigenvalue weighted by Gasteiger charge is 2.19. The molecule has 0 fully saturated rings. The Hall–Kier alpha value is -1.55. The minimum atomic E-state index is -0.446. The van der Waals surface area contributed by atoms with Gasteiger partial charge in [-0.1, -0.05) is 50.8 Å². The number of rotatable bonds is 12. The normalized spacial score (nSPS) is 11.9. The first-order valence-corrected chi connectivity index (χ1v) is 8.24. The molecular weight excluding hydrogens is 280 g/mol. The van der Waals surface area contributed by atoms with Crippen molar-refractivity contribution in [1.82, 2.24) is 0 Å². The second-order valence-electron chi connectivity index (χ2n) is 5.12. The van der Waals surface area contributed by atoms with Gasteiger partial charge in [-0.05, 0) is 25.5 Å². The van der Waals surface area contributed by atoms with E-state index >= 15 is 0 Å². The van der Waals surface area contributed by atoms with Crippen molar-refractivity contribution in [1.29, 1.82) is 0 Å². The smallest absolute Gasteiger partial charge is 0.335 e. The highest BCUT2D eigenvalue weighted by molar-refractivity contribution is 5.74. The first kappa shape index (κ1) is 18.5. The number of carbonyl (C=O) groups is 1. The maximum absolute atomic E-state index is 12.0. The van der Waals surface area contributed by atoms with Crippen LogP contribution in [0.4, 0.5) is 0 Å². The molecule has 0 radical (unpaired) electrons. The van der Waals surface area contributed by atoms with Crippen LogP contribution in [0.15, 0.2) is 30.3 Å². The van der Waals surface area contributed by atoms with Gasteiger partial charge in [0, 0.05) is 6.61 Å². The zero-order valence-electron chi connectivity index (χ0n) is 13.8.